The van der Waals surface area contributed by atoms with E-state index in [1.807, 2.05) is 56.3 Å². The van der Waals surface area contributed by atoms with Crippen LogP contribution in [0.15, 0.2) is 53.7 Å². The largest absolute Gasteiger partial charge is 0.494 e. The second kappa shape index (κ2) is 10.3. The van der Waals surface area contributed by atoms with Crippen LogP contribution in [-0.2, 0) is 9.59 Å². The monoisotopic (exact) mass is 463 g/mol. The summed E-state index contributed by atoms with van der Waals surface area (Å²) in [6, 6.07) is 13.6. The highest BCUT2D eigenvalue weighted by atomic mass is 16.5. The number of methoxy groups -OCH3 is 1. The average Bonchev–Trinajstić information content (AvgIpc) is 2.82. The molecule has 1 amide bonds. The normalized spacial score (nSPS) is 20.1. The molecule has 1 aliphatic carbocycles. The maximum absolute atomic E-state index is 13.4. The zero-order valence-electron chi connectivity index (χ0n) is 20.4. The fourth-order valence-electron chi connectivity index (χ4n) is 4.79. The Labute approximate surface area is 201 Å². The van der Waals surface area contributed by atoms with Gasteiger partial charge >= 0.3 is 0 Å². The lowest BCUT2D eigenvalue weighted by atomic mass is 9.73. The van der Waals surface area contributed by atoms with Gasteiger partial charge in [-0.3, -0.25) is 9.59 Å². The quantitative estimate of drug-likeness (QED) is 0.577. The van der Waals surface area contributed by atoms with E-state index in [9.17, 15) is 9.59 Å². The molecule has 0 bridgehead atoms. The summed E-state index contributed by atoms with van der Waals surface area (Å²) in [5, 5.41) is 2.99. The van der Waals surface area contributed by atoms with Crippen molar-refractivity contribution in [2.24, 2.45) is 0 Å². The van der Waals surface area contributed by atoms with Crippen molar-refractivity contribution >= 4 is 11.7 Å². The van der Waals surface area contributed by atoms with Crippen LogP contribution in [0.5, 0.6) is 17.2 Å². The molecule has 180 valence electrons. The molecule has 1 aliphatic heterocycles. The molecular formula is C28H33NO5. The van der Waals surface area contributed by atoms with E-state index >= 15 is 0 Å². The minimum Gasteiger partial charge on any atom is -0.494 e. The van der Waals surface area contributed by atoms with Gasteiger partial charge in [-0.2, -0.15) is 0 Å². The SMILES string of the molecule is CCCOc1ccc(C2CC(=O)NC3=C2C(=O)CC(c2ccc(OC(C)C)c(OC)c2)C3)cc1. The highest BCUT2D eigenvalue weighted by Gasteiger charge is 2.38. The summed E-state index contributed by atoms with van der Waals surface area (Å²) in [6.07, 6.45) is 2.26. The smallest absolute Gasteiger partial charge is 0.225 e. The molecular weight excluding hydrogens is 430 g/mol. The van der Waals surface area contributed by atoms with Gasteiger partial charge in [-0.1, -0.05) is 25.1 Å². The van der Waals surface area contributed by atoms with Crippen LogP contribution in [0, 0.1) is 0 Å². The summed E-state index contributed by atoms with van der Waals surface area (Å²) >= 11 is 0. The van der Waals surface area contributed by atoms with E-state index in [2.05, 4.69) is 12.2 Å². The van der Waals surface area contributed by atoms with Crippen LogP contribution in [0.4, 0.5) is 0 Å². The molecule has 0 fully saturated rings. The van der Waals surface area contributed by atoms with Gasteiger partial charge < -0.3 is 19.5 Å². The summed E-state index contributed by atoms with van der Waals surface area (Å²) in [6.45, 7) is 6.66. The highest BCUT2D eigenvalue weighted by Crippen LogP contribution is 2.44. The van der Waals surface area contributed by atoms with Crippen molar-refractivity contribution < 1.29 is 23.8 Å². The predicted octanol–water partition coefficient (Wildman–Crippen LogP) is 5.28. The zero-order valence-corrected chi connectivity index (χ0v) is 20.4. The van der Waals surface area contributed by atoms with Crippen molar-refractivity contribution in [3.05, 3.63) is 64.9 Å². The highest BCUT2D eigenvalue weighted by molar-refractivity contribution is 6.02. The number of nitrogens with one attached hydrogen (secondary N) is 1. The second-order valence-corrected chi connectivity index (χ2v) is 9.22. The van der Waals surface area contributed by atoms with Gasteiger partial charge in [0.15, 0.2) is 17.3 Å². The third-order valence-electron chi connectivity index (χ3n) is 6.31. The molecule has 2 atom stereocenters. The number of ether oxygens (including phenoxy) is 3. The Kier molecular flexibility index (Phi) is 7.25. The maximum Gasteiger partial charge on any atom is 0.225 e. The van der Waals surface area contributed by atoms with Crippen LogP contribution >= 0.6 is 0 Å². The number of carbonyl (C=O) groups is 2. The first-order valence-electron chi connectivity index (χ1n) is 12.0. The molecule has 0 saturated carbocycles. The summed E-state index contributed by atoms with van der Waals surface area (Å²) in [4.78, 5) is 26.0. The molecule has 6 heteroatoms. The molecule has 0 aromatic heterocycles. The van der Waals surface area contributed by atoms with Crippen molar-refractivity contribution in [3.63, 3.8) is 0 Å². The number of rotatable bonds is 8. The maximum atomic E-state index is 13.4. The molecule has 2 unspecified atom stereocenters. The summed E-state index contributed by atoms with van der Waals surface area (Å²) in [5.41, 5.74) is 3.46. The predicted molar refractivity (Wildman–Crippen MR) is 130 cm³/mol. The van der Waals surface area contributed by atoms with Gasteiger partial charge in [0.05, 0.1) is 19.8 Å². The fraction of sp³-hybridized carbons (Fsp3) is 0.429. The van der Waals surface area contributed by atoms with E-state index in [1.165, 1.54) is 0 Å². The first kappa shape index (κ1) is 23.9. The molecule has 2 aromatic rings. The zero-order chi connectivity index (χ0) is 24.2. The summed E-state index contributed by atoms with van der Waals surface area (Å²) in [7, 11) is 1.61. The first-order valence-corrected chi connectivity index (χ1v) is 12.0. The topological polar surface area (TPSA) is 73.9 Å². The fourth-order valence-corrected chi connectivity index (χ4v) is 4.79. The van der Waals surface area contributed by atoms with Gasteiger partial charge in [-0.15, -0.1) is 0 Å². The van der Waals surface area contributed by atoms with Crippen molar-refractivity contribution in [2.75, 3.05) is 13.7 Å². The molecule has 34 heavy (non-hydrogen) atoms. The number of ketones is 1. The molecule has 4 rings (SSSR count). The van der Waals surface area contributed by atoms with Crippen LogP contribution in [0.25, 0.3) is 0 Å². The second-order valence-electron chi connectivity index (χ2n) is 9.22. The van der Waals surface area contributed by atoms with Gasteiger partial charge in [0, 0.05) is 30.0 Å². The van der Waals surface area contributed by atoms with Crippen molar-refractivity contribution in [2.45, 2.75) is 64.4 Å². The van der Waals surface area contributed by atoms with E-state index in [0.717, 1.165) is 34.6 Å². The van der Waals surface area contributed by atoms with Gasteiger partial charge in [0.25, 0.3) is 0 Å². The summed E-state index contributed by atoms with van der Waals surface area (Å²) in [5.74, 6) is 1.90. The number of hydrogen-bond donors (Lipinski definition) is 1. The van der Waals surface area contributed by atoms with Gasteiger partial charge in [0.1, 0.15) is 5.75 Å². The van der Waals surface area contributed by atoms with Crippen molar-refractivity contribution in [1.82, 2.24) is 5.32 Å². The van der Waals surface area contributed by atoms with Crippen LogP contribution in [0.2, 0.25) is 0 Å². The Morgan fingerprint density at radius 3 is 2.38 bits per heavy atom. The number of benzene rings is 2. The Hall–Kier alpha value is -3.28. The van der Waals surface area contributed by atoms with Gasteiger partial charge in [-0.25, -0.2) is 0 Å². The van der Waals surface area contributed by atoms with E-state index in [4.69, 9.17) is 14.2 Å². The Morgan fingerprint density at radius 2 is 1.71 bits per heavy atom. The van der Waals surface area contributed by atoms with Crippen molar-refractivity contribution in [3.8, 4) is 17.2 Å². The average molecular weight is 464 g/mol. The van der Waals surface area contributed by atoms with E-state index in [1.54, 1.807) is 7.11 Å². The minimum absolute atomic E-state index is 0.0304. The molecule has 0 saturated heterocycles. The third kappa shape index (κ3) is 5.11. The van der Waals surface area contributed by atoms with Crippen LogP contribution < -0.4 is 19.5 Å². The number of carbonyl (C=O) groups excluding carboxylic acids is 2. The number of amides is 1. The Bertz CT molecular complexity index is 1090. The molecule has 1 N–H and O–H groups in total. The molecule has 1 heterocycles. The molecule has 0 spiro atoms. The number of hydrogen-bond acceptors (Lipinski definition) is 5. The number of allylic oxidation sites excluding steroid dienone is 2. The van der Waals surface area contributed by atoms with Crippen LogP contribution in [0.1, 0.15) is 69.4 Å². The first-order chi connectivity index (χ1) is 16.4. The lowest BCUT2D eigenvalue weighted by Gasteiger charge is -2.34. The van der Waals surface area contributed by atoms with Gasteiger partial charge in [-0.05, 0) is 68.0 Å². The van der Waals surface area contributed by atoms with Crippen LogP contribution in [-0.4, -0.2) is 31.5 Å². The van der Waals surface area contributed by atoms with Crippen LogP contribution in [0.3, 0.4) is 0 Å². The van der Waals surface area contributed by atoms with Crippen molar-refractivity contribution in [1.29, 1.82) is 0 Å². The molecule has 2 aliphatic rings. The van der Waals surface area contributed by atoms with E-state index < -0.39 is 0 Å². The molecule has 6 nitrogen and oxygen atoms in total. The number of Topliss-reactive ketones (excluding diaryl/α,β-unsaturated/α-hetero) is 1. The minimum atomic E-state index is -0.228. The molecule has 0 radical (unpaired) electrons. The van der Waals surface area contributed by atoms with Gasteiger partial charge in [0.2, 0.25) is 5.91 Å². The Morgan fingerprint density at radius 1 is 0.971 bits per heavy atom. The lowest BCUT2D eigenvalue weighted by molar-refractivity contribution is -0.122. The third-order valence-corrected chi connectivity index (χ3v) is 6.31. The standard InChI is InChI=1S/C28H33NO5/c1-5-12-33-21-9-6-18(7-10-21)22-16-27(31)29-23-13-20(14-24(30)28(22)23)19-8-11-25(34-17(2)3)26(15-19)32-4/h6-11,15,17,20,22H,5,12-14,16H2,1-4H3,(H,29,31). The molecule has 2 aromatic carbocycles. The Balaban J connectivity index is 1.60. The lowest BCUT2D eigenvalue weighted by Crippen LogP contribution is -2.38. The van der Waals surface area contributed by atoms with E-state index in [-0.39, 0.29) is 36.1 Å². The summed E-state index contributed by atoms with van der Waals surface area (Å²) < 4.78 is 17.0. The van der Waals surface area contributed by atoms with E-state index in [0.29, 0.717) is 30.9 Å².